The van der Waals surface area contributed by atoms with Gasteiger partial charge in [0.2, 0.25) is 0 Å². The van der Waals surface area contributed by atoms with Crippen LogP contribution in [-0.2, 0) is 11.2 Å². The zero-order chi connectivity index (χ0) is 20.3. The van der Waals surface area contributed by atoms with Gasteiger partial charge >= 0.3 is 6.09 Å². The van der Waals surface area contributed by atoms with Crippen LogP contribution in [0, 0.1) is 0 Å². The lowest BCUT2D eigenvalue weighted by Crippen LogP contribution is -2.43. The summed E-state index contributed by atoms with van der Waals surface area (Å²) in [7, 11) is 3.39. The van der Waals surface area contributed by atoms with E-state index in [2.05, 4.69) is 15.6 Å². The molecule has 152 valence electrons. The Balaban J connectivity index is 2.43. The van der Waals surface area contributed by atoms with Crippen molar-refractivity contribution in [1.29, 1.82) is 0 Å². The van der Waals surface area contributed by atoms with Crippen LogP contribution in [0.3, 0.4) is 0 Å². The van der Waals surface area contributed by atoms with E-state index in [4.69, 9.17) is 9.47 Å². The highest BCUT2D eigenvalue weighted by Crippen LogP contribution is 2.11. The number of benzene rings is 1. The van der Waals surface area contributed by atoms with E-state index in [-0.39, 0.29) is 6.09 Å². The van der Waals surface area contributed by atoms with Gasteiger partial charge in [-0.1, -0.05) is 12.1 Å². The van der Waals surface area contributed by atoms with Crippen molar-refractivity contribution in [3.63, 3.8) is 0 Å². The van der Waals surface area contributed by atoms with Crippen LogP contribution in [0.15, 0.2) is 29.3 Å². The first-order valence-corrected chi connectivity index (χ1v) is 9.34. The summed E-state index contributed by atoms with van der Waals surface area (Å²) in [5.74, 6) is 1.59. The third-order valence-electron chi connectivity index (χ3n) is 3.62. The van der Waals surface area contributed by atoms with Gasteiger partial charge in [0.1, 0.15) is 11.4 Å². The number of hydrogen-bond acceptors (Lipinski definition) is 4. The number of guanidine groups is 1. The van der Waals surface area contributed by atoms with Crippen molar-refractivity contribution in [3.05, 3.63) is 29.8 Å². The average molecular weight is 379 g/mol. The van der Waals surface area contributed by atoms with Crippen molar-refractivity contribution < 1.29 is 14.3 Å². The molecule has 0 aliphatic carbocycles. The van der Waals surface area contributed by atoms with E-state index >= 15 is 0 Å². The number of nitrogens with zero attached hydrogens (tertiary/aromatic N) is 2. The third kappa shape index (κ3) is 9.72. The molecule has 7 nitrogen and oxygen atoms in total. The first-order valence-electron chi connectivity index (χ1n) is 9.34. The van der Waals surface area contributed by atoms with E-state index in [1.165, 1.54) is 5.56 Å². The van der Waals surface area contributed by atoms with Gasteiger partial charge in [-0.15, -0.1) is 0 Å². The molecular formula is C20H34N4O3. The number of ether oxygens (including phenoxy) is 2. The van der Waals surface area contributed by atoms with Crippen molar-refractivity contribution >= 4 is 12.1 Å². The third-order valence-corrected chi connectivity index (χ3v) is 3.62. The fraction of sp³-hybridized carbons (Fsp3) is 0.600. The second kappa shape index (κ2) is 11.3. The van der Waals surface area contributed by atoms with E-state index in [0.717, 1.165) is 24.7 Å². The molecule has 0 radical (unpaired) electrons. The molecule has 0 unspecified atom stereocenters. The van der Waals surface area contributed by atoms with Crippen molar-refractivity contribution in [2.45, 2.75) is 39.7 Å². The molecule has 1 aromatic carbocycles. The Bertz CT molecular complexity index is 594. The van der Waals surface area contributed by atoms with E-state index in [0.29, 0.717) is 19.6 Å². The van der Waals surface area contributed by atoms with Crippen LogP contribution in [0.4, 0.5) is 4.79 Å². The van der Waals surface area contributed by atoms with Crippen molar-refractivity contribution in [1.82, 2.24) is 15.5 Å². The summed E-state index contributed by atoms with van der Waals surface area (Å²) in [5.41, 5.74) is 0.719. The van der Waals surface area contributed by atoms with Gasteiger partial charge in [0.25, 0.3) is 0 Å². The molecule has 0 saturated heterocycles. The minimum Gasteiger partial charge on any atom is -0.497 e. The van der Waals surface area contributed by atoms with E-state index in [9.17, 15) is 4.79 Å². The summed E-state index contributed by atoms with van der Waals surface area (Å²) in [6.45, 7) is 10.1. The largest absolute Gasteiger partial charge is 0.497 e. The van der Waals surface area contributed by atoms with Gasteiger partial charge in [-0.3, -0.25) is 4.99 Å². The van der Waals surface area contributed by atoms with Gasteiger partial charge in [-0.25, -0.2) is 4.79 Å². The molecule has 0 aromatic heterocycles. The zero-order valence-corrected chi connectivity index (χ0v) is 17.5. The maximum absolute atomic E-state index is 12.0. The minimum atomic E-state index is -0.489. The van der Waals surface area contributed by atoms with E-state index in [1.54, 1.807) is 19.1 Å². The predicted molar refractivity (Wildman–Crippen MR) is 110 cm³/mol. The van der Waals surface area contributed by atoms with Gasteiger partial charge in [0, 0.05) is 33.2 Å². The molecule has 1 amide bonds. The summed E-state index contributed by atoms with van der Waals surface area (Å²) in [5, 5.41) is 6.46. The van der Waals surface area contributed by atoms with Gasteiger partial charge in [0.05, 0.1) is 7.11 Å². The lowest BCUT2D eigenvalue weighted by Gasteiger charge is -2.24. The Labute approximate surface area is 163 Å². The van der Waals surface area contributed by atoms with Crippen molar-refractivity contribution in [2.75, 3.05) is 40.3 Å². The number of nitrogens with one attached hydrogen (secondary N) is 2. The second-order valence-corrected chi connectivity index (χ2v) is 7.19. The SMILES string of the molecule is CCNC(=NCCc1ccc(OC)cc1)NCCN(C)C(=O)OC(C)(C)C. The van der Waals surface area contributed by atoms with Gasteiger partial charge < -0.3 is 25.0 Å². The van der Waals surface area contributed by atoms with E-state index < -0.39 is 5.60 Å². The molecule has 1 aromatic rings. The molecule has 0 aliphatic rings. The Morgan fingerprint density at radius 3 is 2.41 bits per heavy atom. The Morgan fingerprint density at radius 1 is 1.19 bits per heavy atom. The summed E-state index contributed by atoms with van der Waals surface area (Å²) < 4.78 is 10.5. The van der Waals surface area contributed by atoms with Crippen molar-refractivity contribution in [3.8, 4) is 5.75 Å². The van der Waals surface area contributed by atoms with Gasteiger partial charge in [-0.05, 0) is 51.8 Å². The normalized spacial score (nSPS) is 11.7. The molecule has 0 aliphatic heterocycles. The first-order chi connectivity index (χ1) is 12.7. The fourth-order valence-corrected chi connectivity index (χ4v) is 2.20. The molecule has 0 bridgehead atoms. The number of carbonyl (C=O) groups is 1. The standard InChI is InChI=1S/C20H34N4O3/c1-7-21-18(22-13-12-16-8-10-17(26-6)11-9-16)23-14-15-24(5)19(25)27-20(2,3)4/h8-11H,7,12-15H2,1-6H3,(H2,21,22,23). The van der Waals surface area contributed by atoms with Gasteiger partial charge in [-0.2, -0.15) is 0 Å². The molecule has 0 fully saturated rings. The quantitative estimate of drug-likeness (QED) is 0.537. The lowest BCUT2D eigenvalue weighted by atomic mass is 10.1. The number of aliphatic imine (C=N–C) groups is 1. The summed E-state index contributed by atoms with van der Waals surface area (Å²) in [6.07, 6.45) is 0.518. The highest BCUT2D eigenvalue weighted by atomic mass is 16.6. The Hall–Kier alpha value is -2.44. The average Bonchev–Trinajstić information content (AvgIpc) is 2.60. The maximum Gasteiger partial charge on any atom is 0.410 e. The number of rotatable bonds is 8. The first kappa shape index (κ1) is 22.6. The Kier molecular flexibility index (Phi) is 9.47. The maximum atomic E-state index is 12.0. The highest BCUT2D eigenvalue weighted by Gasteiger charge is 2.19. The van der Waals surface area contributed by atoms with Crippen LogP contribution in [0.5, 0.6) is 5.75 Å². The van der Waals surface area contributed by atoms with Crippen LogP contribution >= 0.6 is 0 Å². The van der Waals surface area contributed by atoms with Crippen LogP contribution in [0.1, 0.15) is 33.3 Å². The molecule has 7 heteroatoms. The lowest BCUT2D eigenvalue weighted by molar-refractivity contribution is 0.0302. The molecule has 0 saturated carbocycles. The second-order valence-electron chi connectivity index (χ2n) is 7.19. The number of likely N-dealkylation sites (N-methyl/N-ethyl adjacent to an activating group) is 1. The highest BCUT2D eigenvalue weighted by molar-refractivity contribution is 5.79. The topological polar surface area (TPSA) is 75.2 Å². The number of amides is 1. The minimum absolute atomic E-state index is 0.328. The zero-order valence-electron chi connectivity index (χ0n) is 17.5. The van der Waals surface area contributed by atoms with E-state index in [1.807, 2.05) is 52.0 Å². The molecule has 0 spiro atoms. The number of methoxy groups -OCH3 is 1. The summed E-state index contributed by atoms with van der Waals surface area (Å²) in [6, 6.07) is 8.00. The van der Waals surface area contributed by atoms with Crippen molar-refractivity contribution in [2.24, 2.45) is 4.99 Å². The monoisotopic (exact) mass is 378 g/mol. The summed E-state index contributed by atoms with van der Waals surface area (Å²) >= 11 is 0. The smallest absolute Gasteiger partial charge is 0.410 e. The summed E-state index contributed by atoms with van der Waals surface area (Å²) in [4.78, 5) is 18.1. The van der Waals surface area contributed by atoms with Crippen LogP contribution in [0.2, 0.25) is 0 Å². The molecule has 27 heavy (non-hydrogen) atoms. The molecule has 0 heterocycles. The molecule has 0 atom stereocenters. The fourth-order valence-electron chi connectivity index (χ4n) is 2.20. The van der Waals surface area contributed by atoms with Gasteiger partial charge in [0.15, 0.2) is 5.96 Å². The van der Waals surface area contributed by atoms with Crippen LogP contribution < -0.4 is 15.4 Å². The predicted octanol–water partition coefficient (Wildman–Crippen LogP) is 2.66. The van der Waals surface area contributed by atoms with Crippen LogP contribution in [0.25, 0.3) is 0 Å². The number of carbonyl (C=O) groups excluding carboxylic acids is 1. The van der Waals surface area contributed by atoms with Crippen LogP contribution in [-0.4, -0.2) is 62.9 Å². The number of hydrogen-bond donors (Lipinski definition) is 2. The Morgan fingerprint density at radius 2 is 1.85 bits per heavy atom. The molecule has 2 N–H and O–H groups in total. The molecular weight excluding hydrogens is 344 g/mol. The molecule has 1 rings (SSSR count).